The van der Waals surface area contributed by atoms with Crippen molar-refractivity contribution in [3.63, 3.8) is 0 Å². The number of sulfonamides is 1. The maximum atomic E-state index is 12.4. The fraction of sp³-hybridized carbons (Fsp3) is 0.417. The monoisotopic (exact) mass is 268 g/mol. The Morgan fingerprint density at radius 2 is 2.06 bits per heavy atom. The van der Waals surface area contributed by atoms with Crippen LogP contribution in [-0.4, -0.2) is 31.7 Å². The molecule has 1 fully saturated rings. The number of rotatable bonds is 3. The van der Waals surface area contributed by atoms with Crippen molar-refractivity contribution in [1.29, 1.82) is 0 Å². The van der Waals surface area contributed by atoms with Crippen molar-refractivity contribution >= 4 is 15.9 Å². The van der Waals surface area contributed by atoms with Crippen LogP contribution in [0.4, 0.5) is 0 Å². The van der Waals surface area contributed by atoms with Gasteiger partial charge in [0.1, 0.15) is 0 Å². The number of hydrogen-bond donors (Lipinski definition) is 1. The first kappa shape index (κ1) is 13.0. The van der Waals surface area contributed by atoms with E-state index in [1.54, 1.807) is 31.2 Å². The van der Waals surface area contributed by atoms with Crippen molar-refractivity contribution in [2.24, 2.45) is 11.7 Å². The summed E-state index contributed by atoms with van der Waals surface area (Å²) in [5.41, 5.74) is 5.92. The number of aryl methyl sites for hydroxylation is 1. The van der Waals surface area contributed by atoms with E-state index in [9.17, 15) is 13.2 Å². The standard InChI is InChI=1S/C12H16N2O3S/c1-9-4-2-3-5-11(9)18(16,17)14-7-6-10(8-14)12(13)15/h2-5,10H,6-8H2,1H3,(H2,13,15). The molecule has 18 heavy (non-hydrogen) atoms. The van der Waals surface area contributed by atoms with E-state index in [2.05, 4.69) is 0 Å². The minimum absolute atomic E-state index is 0.187. The van der Waals surface area contributed by atoms with Gasteiger partial charge in [-0.1, -0.05) is 18.2 Å². The molecule has 2 rings (SSSR count). The highest BCUT2D eigenvalue weighted by Gasteiger charge is 2.35. The number of primary amides is 1. The van der Waals surface area contributed by atoms with Gasteiger partial charge >= 0.3 is 0 Å². The summed E-state index contributed by atoms with van der Waals surface area (Å²) in [5.74, 6) is -0.804. The van der Waals surface area contributed by atoms with E-state index in [0.29, 0.717) is 23.4 Å². The van der Waals surface area contributed by atoms with Crippen LogP contribution in [0.25, 0.3) is 0 Å². The van der Waals surface area contributed by atoms with Crippen LogP contribution in [0.3, 0.4) is 0 Å². The predicted octanol–water partition coefficient (Wildman–Crippen LogP) is 0.491. The van der Waals surface area contributed by atoms with Gasteiger partial charge in [-0.15, -0.1) is 0 Å². The SMILES string of the molecule is Cc1ccccc1S(=O)(=O)N1CCC(C(N)=O)C1. The second-order valence-electron chi connectivity index (χ2n) is 4.52. The third-order valence-corrected chi connectivity index (χ3v) is 5.29. The van der Waals surface area contributed by atoms with Crippen molar-refractivity contribution in [3.05, 3.63) is 29.8 Å². The molecule has 0 bridgehead atoms. The van der Waals surface area contributed by atoms with Gasteiger partial charge in [0.15, 0.2) is 0 Å². The predicted molar refractivity (Wildman–Crippen MR) is 67.2 cm³/mol. The van der Waals surface area contributed by atoms with Crippen molar-refractivity contribution in [1.82, 2.24) is 4.31 Å². The van der Waals surface area contributed by atoms with Crippen LogP contribution in [-0.2, 0) is 14.8 Å². The van der Waals surface area contributed by atoms with Gasteiger partial charge in [0.05, 0.1) is 10.8 Å². The zero-order valence-electron chi connectivity index (χ0n) is 10.2. The molecule has 0 aliphatic carbocycles. The normalized spacial score (nSPS) is 21.1. The topological polar surface area (TPSA) is 80.5 Å². The summed E-state index contributed by atoms with van der Waals surface area (Å²) in [4.78, 5) is 11.4. The van der Waals surface area contributed by atoms with E-state index in [-0.39, 0.29) is 12.5 Å². The Balaban J connectivity index is 2.29. The molecule has 1 aliphatic heterocycles. The average Bonchev–Trinajstić information content (AvgIpc) is 2.79. The van der Waals surface area contributed by atoms with Crippen LogP contribution in [0.15, 0.2) is 29.2 Å². The quantitative estimate of drug-likeness (QED) is 0.866. The lowest BCUT2D eigenvalue weighted by atomic mass is 10.1. The maximum absolute atomic E-state index is 12.4. The molecule has 1 aromatic carbocycles. The molecule has 1 atom stereocenters. The van der Waals surface area contributed by atoms with Crippen molar-refractivity contribution in [3.8, 4) is 0 Å². The molecule has 0 spiro atoms. The highest BCUT2D eigenvalue weighted by Crippen LogP contribution is 2.25. The Hall–Kier alpha value is -1.40. The Bertz CT molecular complexity index is 568. The van der Waals surface area contributed by atoms with Crippen molar-refractivity contribution in [2.75, 3.05) is 13.1 Å². The van der Waals surface area contributed by atoms with Crippen molar-refractivity contribution < 1.29 is 13.2 Å². The van der Waals surface area contributed by atoms with Gasteiger partial charge in [0, 0.05) is 13.1 Å². The number of nitrogens with two attached hydrogens (primary N) is 1. The maximum Gasteiger partial charge on any atom is 0.243 e. The first-order valence-electron chi connectivity index (χ1n) is 5.78. The van der Waals surface area contributed by atoms with Crippen molar-refractivity contribution in [2.45, 2.75) is 18.2 Å². The van der Waals surface area contributed by atoms with Crippen LogP contribution in [0.1, 0.15) is 12.0 Å². The van der Waals surface area contributed by atoms with E-state index in [0.717, 1.165) is 0 Å². The van der Waals surface area contributed by atoms with Crippen LogP contribution >= 0.6 is 0 Å². The minimum atomic E-state index is -3.51. The zero-order chi connectivity index (χ0) is 13.3. The Kier molecular flexibility index (Phi) is 3.41. The molecule has 1 amide bonds. The lowest BCUT2D eigenvalue weighted by molar-refractivity contribution is -0.121. The summed E-state index contributed by atoms with van der Waals surface area (Å²) in [7, 11) is -3.51. The van der Waals surface area contributed by atoms with Gasteiger partial charge in [-0.3, -0.25) is 4.79 Å². The Morgan fingerprint density at radius 3 is 2.61 bits per heavy atom. The summed E-state index contributed by atoms with van der Waals surface area (Å²) < 4.78 is 26.1. The molecule has 0 radical (unpaired) electrons. The number of amides is 1. The number of carbonyl (C=O) groups is 1. The molecule has 1 saturated heterocycles. The number of nitrogens with zero attached hydrogens (tertiary/aromatic N) is 1. The zero-order valence-corrected chi connectivity index (χ0v) is 11.0. The van der Waals surface area contributed by atoms with Gasteiger partial charge in [0.2, 0.25) is 15.9 Å². The molecular formula is C12H16N2O3S. The van der Waals surface area contributed by atoms with Gasteiger partial charge in [-0.05, 0) is 25.0 Å². The fourth-order valence-corrected chi connectivity index (χ4v) is 3.89. The van der Waals surface area contributed by atoms with E-state index in [1.807, 2.05) is 0 Å². The molecule has 1 aliphatic rings. The van der Waals surface area contributed by atoms with Crippen LogP contribution in [0.5, 0.6) is 0 Å². The van der Waals surface area contributed by atoms with Crippen LogP contribution in [0, 0.1) is 12.8 Å². The molecule has 0 saturated carbocycles. The third kappa shape index (κ3) is 2.26. The molecule has 0 aromatic heterocycles. The number of benzene rings is 1. The minimum Gasteiger partial charge on any atom is -0.369 e. The van der Waals surface area contributed by atoms with Gasteiger partial charge in [-0.2, -0.15) is 4.31 Å². The third-order valence-electron chi connectivity index (χ3n) is 3.26. The van der Waals surface area contributed by atoms with Gasteiger partial charge < -0.3 is 5.73 Å². The van der Waals surface area contributed by atoms with E-state index in [1.165, 1.54) is 4.31 Å². The summed E-state index contributed by atoms with van der Waals surface area (Å²) in [6.45, 7) is 2.30. The molecule has 1 heterocycles. The highest BCUT2D eigenvalue weighted by molar-refractivity contribution is 7.89. The fourth-order valence-electron chi connectivity index (χ4n) is 2.16. The average molecular weight is 268 g/mol. The number of hydrogen-bond acceptors (Lipinski definition) is 3. The van der Waals surface area contributed by atoms with E-state index in [4.69, 9.17) is 5.73 Å². The van der Waals surface area contributed by atoms with Gasteiger partial charge in [0.25, 0.3) is 0 Å². The van der Waals surface area contributed by atoms with E-state index < -0.39 is 15.9 Å². The Labute approximate surface area is 107 Å². The summed E-state index contributed by atoms with van der Waals surface area (Å²) in [6, 6.07) is 6.84. The second-order valence-corrected chi connectivity index (χ2v) is 6.42. The molecule has 5 nitrogen and oxygen atoms in total. The molecule has 1 unspecified atom stereocenters. The molecular weight excluding hydrogens is 252 g/mol. The highest BCUT2D eigenvalue weighted by atomic mass is 32.2. The summed E-state index contributed by atoms with van der Waals surface area (Å²) in [6.07, 6.45) is 0.500. The largest absolute Gasteiger partial charge is 0.369 e. The van der Waals surface area contributed by atoms with Crippen LogP contribution < -0.4 is 5.73 Å². The summed E-state index contributed by atoms with van der Waals surface area (Å²) in [5, 5.41) is 0. The summed E-state index contributed by atoms with van der Waals surface area (Å²) >= 11 is 0. The molecule has 98 valence electrons. The first-order chi connectivity index (χ1) is 8.43. The molecule has 1 aromatic rings. The van der Waals surface area contributed by atoms with Gasteiger partial charge in [-0.25, -0.2) is 8.42 Å². The lowest BCUT2D eigenvalue weighted by Crippen LogP contribution is -2.32. The smallest absolute Gasteiger partial charge is 0.243 e. The first-order valence-corrected chi connectivity index (χ1v) is 7.22. The molecule has 2 N–H and O–H groups in total. The molecule has 6 heteroatoms. The van der Waals surface area contributed by atoms with E-state index >= 15 is 0 Å². The Morgan fingerprint density at radius 1 is 1.39 bits per heavy atom. The lowest BCUT2D eigenvalue weighted by Gasteiger charge is -2.17. The second kappa shape index (κ2) is 4.70. The number of carbonyl (C=O) groups excluding carboxylic acids is 1. The van der Waals surface area contributed by atoms with Crippen LogP contribution in [0.2, 0.25) is 0 Å².